The van der Waals surface area contributed by atoms with E-state index in [1.165, 1.54) is 5.71 Å². The lowest BCUT2D eigenvalue weighted by Crippen LogP contribution is -2.00. The van der Waals surface area contributed by atoms with Crippen LogP contribution in [-0.2, 0) is 0 Å². The van der Waals surface area contributed by atoms with Gasteiger partial charge in [0.2, 0.25) is 0 Å². The van der Waals surface area contributed by atoms with Crippen LogP contribution in [0.15, 0.2) is 17.1 Å². The highest BCUT2D eigenvalue weighted by molar-refractivity contribution is 5.94. The Morgan fingerprint density at radius 1 is 1.45 bits per heavy atom. The van der Waals surface area contributed by atoms with Crippen LogP contribution in [0.5, 0.6) is 0 Å². The second kappa shape index (κ2) is 6.14. The highest BCUT2D eigenvalue weighted by Gasteiger charge is 1.95. The highest BCUT2D eigenvalue weighted by Crippen LogP contribution is 1.99. The molecule has 0 saturated heterocycles. The quantitative estimate of drug-likeness (QED) is 0.550. The number of allylic oxidation sites excluding steroid dienone is 2. The molecule has 0 rings (SSSR count). The minimum Gasteiger partial charge on any atom is -0.287 e. The molecule has 1 nitrogen and oxygen atoms in total. The van der Waals surface area contributed by atoms with Crippen molar-refractivity contribution < 1.29 is 0 Å². The Bertz CT molecular complexity index is 145. The summed E-state index contributed by atoms with van der Waals surface area (Å²) in [4.78, 5) is 4.53. The van der Waals surface area contributed by atoms with Crippen LogP contribution in [0.4, 0.5) is 0 Å². The molecule has 0 aromatic carbocycles. The topological polar surface area (TPSA) is 12.4 Å². The van der Waals surface area contributed by atoms with Crippen molar-refractivity contribution in [2.24, 2.45) is 4.99 Å². The molecular formula is C10H19N. The predicted molar refractivity (Wildman–Crippen MR) is 52.3 cm³/mol. The van der Waals surface area contributed by atoms with Gasteiger partial charge < -0.3 is 0 Å². The Labute approximate surface area is 70.2 Å². The number of rotatable bonds is 4. The first kappa shape index (κ1) is 10.4. The van der Waals surface area contributed by atoms with E-state index in [9.17, 15) is 0 Å². The van der Waals surface area contributed by atoms with Gasteiger partial charge in [0, 0.05) is 11.8 Å². The summed E-state index contributed by atoms with van der Waals surface area (Å²) in [6.07, 6.45) is 6.30. The van der Waals surface area contributed by atoms with E-state index in [0.717, 1.165) is 12.8 Å². The number of hydrogen-bond donors (Lipinski definition) is 0. The molecule has 0 aromatic heterocycles. The Balaban J connectivity index is 4.10. The number of nitrogens with zero attached hydrogens (tertiary/aromatic N) is 1. The van der Waals surface area contributed by atoms with E-state index in [0.29, 0.717) is 6.04 Å². The second-order valence-corrected chi connectivity index (χ2v) is 2.73. The van der Waals surface area contributed by atoms with Crippen molar-refractivity contribution in [3.8, 4) is 0 Å². The smallest absolute Gasteiger partial charge is 0.0472 e. The zero-order valence-corrected chi connectivity index (χ0v) is 8.09. The molecule has 0 aliphatic heterocycles. The van der Waals surface area contributed by atoms with Gasteiger partial charge in [0.05, 0.1) is 0 Å². The molecule has 1 unspecified atom stereocenters. The highest BCUT2D eigenvalue weighted by atomic mass is 14.8. The molecule has 0 N–H and O–H groups in total. The van der Waals surface area contributed by atoms with Gasteiger partial charge in [-0.15, -0.1) is 0 Å². The van der Waals surface area contributed by atoms with Crippen molar-refractivity contribution in [2.45, 2.75) is 46.6 Å². The fraction of sp³-hybridized carbons (Fsp3) is 0.700. The van der Waals surface area contributed by atoms with Crippen LogP contribution in [0.3, 0.4) is 0 Å². The van der Waals surface area contributed by atoms with Crippen LogP contribution < -0.4 is 0 Å². The molecule has 0 aromatic rings. The molecule has 0 aliphatic carbocycles. The summed E-state index contributed by atoms with van der Waals surface area (Å²) in [5.74, 6) is 0. The van der Waals surface area contributed by atoms with E-state index in [-0.39, 0.29) is 0 Å². The Kier molecular flexibility index (Phi) is 5.81. The first-order valence-electron chi connectivity index (χ1n) is 4.43. The summed E-state index contributed by atoms with van der Waals surface area (Å²) in [5, 5.41) is 0. The van der Waals surface area contributed by atoms with Crippen LogP contribution in [0, 0.1) is 0 Å². The minimum absolute atomic E-state index is 0.473. The maximum Gasteiger partial charge on any atom is 0.0472 e. The maximum absolute atomic E-state index is 4.53. The van der Waals surface area contributed by atoms with E-state index in [1.54, 1.807) is 0 Å². The van der Waals surface area contributed by atoms with Crippen LogP contribution in [0.1, 0.15) is 40.5 Å². The lowest BCUT2D eigenvalue weighted by Gasteiger charge is -2.03. The Morgan fingerprint density at radius 2 is 2.09 bits per heavy atom. The standard InChI is InChI=1S/C10H19N/c1-5-8-10(7-3)11-9(4)6-2/h5,8-9H,6-7H2,1-4H3/b8-5-,11-10?. The van der Waals surface area contributed by atoms with Crippen LogP contribution in [0.25, 0.3) is 0 Å². The Morgan fingerprint density at radius 3 is 2.45 bits per heavy atom. The molecule has 1 heteroatoms. The van der Waals surface area contributed by atoms with Crippen molar-refractivity contribution in [2.75, 3.05) is 0 Å². The average Bonchev–Trinajstić information content (AvgIpc) is 2.03. The van der Waals surface area contributed by atoms with E-state index in [1.807, 2.05) is 13.0 Å². The minimum atomic E-state index is 0.473. The van der Waals surface area contributed by atoms with Gasteiger partial charge in [-0.25, -0.2) is 0 Å². The molecule has 0 fully saturated rings. The number of aliphatic imine (C=N–C) groups is 1. The molecule has 1 atom stereocenters. The van der Waals surface area contributed by atoms with Crippen molar-refractivity contribution in [1.82, 2.24) is 0 Å². The zero-order chi connectivity index (χ0) is 8.69. The van der Waals surface area contributed by atoms with Gasteiger partial charge in [-0.1, -0.05) is 19.9 Å². The molecule has 64 valence electrons. The second-order valence-electron chi connectivity index (χ2n) is 2.73. The maximum atomic E-state index is 4.53. The van der Waals surface area contributed by atoms with Crippen LogP contribution in [-0.4, -0.2) is 11.8 Å². The SMILES string of the molecule is C/C=C\C(CC)=NC(C)CC. The van der Waals surface area contributed by atoms with Gasteiger partial charge in [-0.3, -0.25) is 4.99 Å². The molecule has 0 spiro atoms. The van der Waals surface area contributed by atoms with Gasteiger partial charge in [0.25, 0.3) is 0 Å². The summed E-state index contributed by atoms with van der Waals surface area (Å²) >= 11 is 0. The third kappa shape index (κ3) is 4.77. The van der Waals surface area contributed by atoms with Gasteiger partial charge >= 0.3 is 0 Å². The lowest BCUT2D eigenvalue weighted by atomic mass is 10.2. The summed E-state index contributed by atoms with van der Waals surface area (Å²) in [5.41, 5.74) is 1.21. The molecule has 0 heterocycles. The summed E-state index contributed by atoms with van der Waals surface area (Å²) in [6, 6.07) is 0.473. The lowest BCUT2D eigenvalue weighted by molar-refractivity contribution is 0.715. The predicted octanol–water partition coefficient (Wildman–Crippen LogP) is 3.21. The van der Waals surface area contributed by atoms with Gasteiger partial charge in [-0.05, 0) is 32.8 Å². The zero-order valence-electron chi connectivity index (χ0n) is 8.09. The average molecular weight is 153 g/mol. The molecule has 0 amide bonds. The summed E-state index contributed by atoms with van der Waals surface area (Å²) in [7, 11) is 0. The van der Waals surface area contributed by atoms with Gasteiger partial charge in [0.15, 0.2) is 0 Å². The molecule has 0 radical (unpaired) electrons. The third-order valence-corrected chi connectivity index (χ3v) is 1.70. The van der Waals surface area contributed by atoms with E-state index in [4.69, 9.17) is 0 Å². The van der Waals surface area contributed by atoms with E-state index < -0.39 is 0 Å². The van der Waals surface area contributed by atoms with E-state index in [2.05, 4.69) is 31.8 Å². The number of hydrogen-bond acceptors (Lipinski definition) is 1. The van der Waals surface area contributed by atoms with Crippen LogP contribution in [0.2, 0.25) is 0 Å². The van der Waals surface area contributed by atoms with Gasteiger partial charge in [-0.2, -0.15) is 0 Å². The van der Waals surface area contributed by atoms with E-state index >= 15 is 0 Å². The third-order valence-electron chi connectivity index (χ3n) is 1.70. The monoisotopic (exact) mass is 153 g/mol. The first-order valence-corrected chi connectivity index (χ1v) is 4.43. The van der Waals surface area contributed by atoms with Crippen molar-refractivity contribution in [1.29, 1.82) is 0 Å². The fourth-order valence-corrected chi connectivity index (χ4v) is 0.819. The van der Waals surface area contributed by atoms with Crippen molar-refractivity contribution in [3.05, 3.63) is 12.2 Å². The largest absolute Gasteiger partial charge is 0.287 e. The molecular weight excluding hydrogens is 134 g/mol. The van der Waals surface area contributed by atoms with Gasteiger partial charge in [0.1, 0.15) is 0 Å². The fourth-order valence-electron chi connectivity index (χ4n) is 0.819. The van der Waals surface area contributed by atoms with Crippen molar-refractivity contribution >= 4 is 5.71 Å². The molecule has 0 aliphatic rings. The molecule has 11 heavy (non-hydrogen) atoms. The Hall–Kier alpha value is -0.590. The molecule has 0 saturated carbocycles. The summed E-state index contributed by atoms with van der Waals surface area (Å²) in [6.45, 7) is 8.49. The molecule has 0 bridgehead atoms. The van der Waals surface area contributed by atoms with Crippen molar-refractivity contribution in [3.63, 3.8) is 0 Å². The first-order chi connectivity index (χ1) is 5.24. The van der Waals surface area contributed by atoms with Crippen LogP contribution >= 0.6 is 0 Å². The normalized spacial score (nSPS) is 15.8. The summed E-state index contributed by atoms with van der Waals surface area (Å²) < 4.78 is 0.